The quantitative estimate of drug-likeness (QED) is 0.280. The molecule has 1 saturated heterocycles. The maximum absolute atomic E-state index is 5.81. The summed E-state index contributed by atoms with van der Waals surface area (Å²) in [5.41, 5.74) is 3.53. The fourth-order valence-electron chi connectivity index (χ4n) is 3.49. The Hall–Kier alpha value is -2.41. The van der Waals surface area contributed by atoms with Gasteiger partial charge in [-0.05, 0) is 42.9 Å². The number of hydrogen-bond acceptors (Lipinski definition) is 4. The van der Waals surface area contributed by atoms with E-state index in [1.54, 1.807) is 0 Å². The molecular formula is C26H37N3O3. The number of rotatable bonds is 13. The van der Waals surface area contributed by atoms with Crippen LogP contribution in [0, 0.1) is 0 Å². The standard InChI is InChI=1S/C26H37N3O3/c1-2-27-26(28-15-7-16-30-21-25-10-6-17-32-25)29-18-22-11-13-24(14-12-22)20-31-19-23-8-4-3-5-9-23/h3-5,8-9,11-14,25H,2,6-7,10,15-21H2,1H3,(H2,27,28,29). The Labute approximate surface area is 192 Å². The summed E-state index contributed by atoms with van der Waals surface area (Å²) in [5, 5.41) is 6.68. The number of guanidine groups is 1. The molecule has 1 fully saturated rings. The van der Waals surface area contributed by atoms with Crippen molar-refractivity contribution < 1.29 is 14.2 Å². The Balaban J connectivity index is 1.33. The second kappa shape index (κ2) is 14.6. The molecule has 32 heavy (non-hydrogen) atoms. The van der Waals surface area contributed by atoms with Crippen LogP contribution in [0.2, 0.25) is 0 Å². The predicted octanol–water partition coefficient (Wildman–Crippen LogP) is 4.04. The zero-order valence-corrected chi connectivity index (χ0v) is 19.2. The predicted molar refractivity (Wildman–Crippen MR) is 129 cm³/mol. The number of aliphatic imine (C=N–C) groups is 1. The van der Waals surface area contributed by atoms with Gasteiger partial charge in [-0.1, -0.05) is 54.6 Å². The largest absolute Gasteiger partial charge is 0.379 e. The zero-order valence-electron chi connectivity index (χ0n) is 19.2. The monoisotopic (exact) mass is 439 g/mol. The average molecular weight is 440 g/mol. The molecule has 3 rings (SSSR count). The maximum atomic E-state index is 5.81. The Kier molecular flexibility index (Phi) is 11.1. The van der Waals surface area contributed by atoms with E-state index in [-0.39, 0.29) is 0 Å². The van der Waals surface area contributed by atoms with Gasteiger partial charge >= 0.3 is 0 Å². The van der Waals surface area contributed by atoms with E-state index in [1.807, 2.05) is 18.2 Å². The maximum Gasteiger partial charge on any atom is 0.191 e. The van der Waals surface area contributed by atoms with E-state index in [2.05, 4.69) is 54.0 Å². The Bertz CT molecular complexity index is 775. The summed E-state index contributed by atoms with van der Waals surface area (Å²) < 4.78 is 17.1. The summed E-state index contributed by atoms with van der Waals surface area (Å²) >= 11 is 0. The van der Waals surface area contributed by atoms with Crippen LogP contribution in [0.25, 0.3) is 0 Å². The molecule has 2 aromatic rings. The summed E-state index contributed by atoms with van der Waals surface area (Å²) in [7, 11) is 0. The number of ether oxygens (including phenoxy) is 3. The zero-order chi connectivity index (χ0) is 22.3. The highest BCUT2D eigenvalue weighted by Gasteiger charge is 2.14. The normalized spacial score (nSPS) is 16.3. The van der Waals surface area contributed by atoms with Gasteiger partial charge in [0.05, 0.1) is 32.5 Å². The molecule has 6 heteroatoms. The van der Waals surface area contributed by atoms with Crippen molar-refractivity contribution in [2.75, 3.05) is 32.9 Å². The first kappa shape index (κ1) is 24.2. The van der Waals surface area contributed by atoms with Gasteiger partial charge in [-0.25, -0.2) is 4.99 Å². The van der Waals surface area contributed by atoms with Crippen LogP contribution in [-0.2, 0) is 34.0 Å². The van der Waals surface area contributed by atoms with Crippen molar-refractivity contribution in [2.45, 2.75) is 52.0 Å². The summed E-state index contributed by atoms with van der Waals surface area (Å²) in [5.74, 6) is 0.835. The minimum atomic E-state index is 0.295. The number of hydrogen-bond donors (Lipinski definition) is 2. The molecule has 2 aromatic carbocycles. The molecule has 1 atom stereocenters. The van der Waals surface area contributed by atoms with E-state index in [0.717, 1.165) is 51.5 Å². The van der Waals surface area contributed by atoms with Crippen LogP contribution in [0.3, 0.4) is 0 Å². The van der Waals surface area contributed by atoms with Crippen LogP contribution in [0.5, 0.6) is 0 Å². The van der Waals surface area contributed by atoms with Crippen molar-refractivity contribution in [1.82, 2.24) is 10.6 Å². The molecule has 1 aliphatic rings. The average Bonchev–Trinajstić information content (AvgIpc) is 3.35. The van der Waals surface area contributed by atoms with Gasteiger partial charge in [-0.3, -0.25) is 0 Å². The molecule has 174 valence electrons. The van der Waals surface area contributed by atoms with Crippen LogP contribution in [0.15, 0.2) is 59.6 Å². The fraction of sp³-hybridized carbons (Fsp3) is 0.500. The van der Waals surface area contributed by atoms with Crippen LogP contribution < -0.4 is 10.6 Å². The molecule has 2 N–H and O–H groups in total. The van der Waals surface area contributed by atoms with Crippen molar-refractivity contribution >= 4 is 5.96 Å². The molecule has 0 saturated carbocycles. The molecule has 0 radical (unpaired) electrons. The third-order valence-corrected chi connectivity index (χ3v) is 5.25. The molecule has 0 bridgehead atoms. The van der Waals surface area contributed by atoms with Gasteiger partial charge in [0.2, 0.25) is 0 Å². The molecule has 6 nitrogen and oxygen atoms in total. The van der Waals surface area contributed by atoms with E-state index < -0.39 is 0 Å². The molecule has 1 heterocycles. The lowest BCUT2D eigenvalue weighted by Crippen LogP contribution is -2.38. The smallest absolute Gasteiger partial charge is 0.191 e. The second-order valence-electron chi connectivity index (χ2n) is 7.98. The van der Waals surface area contributed by atoms with Gasteiger partial charge in [-0.2, -0.15) is 0 Å². The third kappa shape index (κ3) is 9.39. The van der Waals surface area contributed by atoms with Gasteiger partial charge in [0.25, 0.3) is 0 Å². The van der Waals surface area contributed by atoms with Gasteiger partial charge in [0.1, 0.15) is 0 Å². The number of nitrogens with zero attached hydrogens (tertiary/aromatic N) is 1. The lowest BCUT2D eigenvalue weighted by atomic mass is 10.1. The Morgan fingerprint density at radius 3 is 2.44 bits per heavy atom. The highest BCUT2D eigenvalue weighted by Crippen LogP contribution is 2.12. The van der Waals surface area contributed by atoms with Gasteiger partial charge in [-0.15, -0.1) is 0 Å². The first-order valence-corrected chi connectivity index (χ1v) is 11.7. The summed E-state index contributed by atoms with van der Waals surface area (Å²) in [4.78, 5) is 4.70. The van der Waals surface area contributed by atoms with Crippen LogP contribution in [-0.4, -0.2) is 45.0 Å². The highest BCUT2D eigenvalue weighted by molar-refractivity contribution is 5.79. The number of nitrogens with one attached hydrogen (secondary N) is 2. The molecule has 0 amide bonds. The van der Waals surface area contributed by atoms with Crippen LogP contribution in [0.4, 0.5) is 0 Å². The molecule has 0 aromatic heterocycles. The highest BCUT2D eigenvalue weighted by atomic mass is 16.5. The Morgan fingerprint density at radius 2 is 1.72 bits per heavy atom. The van der Waals surface area contributed by atoms with E-state index >= 15 is 0 Å². The summed E-state index contributed by atoms with van der Waals surface area (Å²) in [6.07, 6.45) is 3.51. The molecule has 1 unspecified atom stereocenters. The van der Waals surface area contributed by atoms with Gasteiger partial charge < -0.3 is 24.8 Å². The van der Waals surface area contributed by atoms with Crippen molar-refractivity contribution in [2.24, 2.45) is 4.99 Å². The minimum absolute atomic E-state index is 0.295. The van der Waals surface area contributed by atoms with Gasteiger partial charge in [0.15, 0.2) is 5.96 Å². The van der Waals surface area contributed by atoms with E-state index in [9.17, 15) is 0 Å². The third-order valence-electron chi connectivity index (χ3n) is 5.25. The molecule has 0 aliphatic carbocycles. The van der Waals surface area contributed by atoms with Gasteiger partial charge in [0, 0.05) is 26.3 Å². The summed E-state index contributed by atoms with van der Waals surface area (Å²) in [6.45, 7) is 7.93. The lowest BCUT2D eigenvalue weighted by Gasteiger charge is -2.13. The first-order chi connectivity index (χ1) is 15.8. The van der Waals surface area contributed by atoms with Crippen molar-refractivity contribution in [3.05, 3.63) is 71.3 Å². The van der Waals surface area contributed by atoms with E-state index in [1.165, 1.54) is 16.7 Å². The minimum Gasteiger partial charge on any atom is -0.379 e. The topological polar surface area (TPSA) is 64.1 Å². The lowest BCUT2D eigenvalue weighted by molar-refractivity contribution is 0.0168. The second-order valence-corrected chi connectivity index (χ2v) is 7.98. The van der Waals surface area contributed by atoms with E-state index in [4.69, 9.17) is 19.2 Å². The Morgan fingerprint density at radius 1 is 0.969 bits per heavy atom. The van der Waals surface area contributed by atoms with E-state index in [0.29, 0.717) is 32.5 Å². The van der Waals surface area contributed by atoms with Crippen LogP contribution >= 0.6 is 0 Å². The fourth-order valence-corrected chi connectivity index (χ4v) is 3.49. The summed E-state index contributed by atoms with van der Waals surface area (Å²) in [6, 6.07) is 18.7. The number of benzene rings is 2. The van der Waals surface area contributed by atoms with Crippen molar-refractivity contribution in [3.63, 3.8) is 0 Å². The van der Waals surface area contributed by atoms with Crippen LogP contribution in [0.1, 0.15) is 42.9 Å². The SMILES string of the molecule is CCNC(=NCc1ccc(COCc2ccccc2)cc1)NCCCOCC1CCCO1. The molecular weight excluding hydrogens is 402 g/mol. The first-order valence-electron chi connectivity index (χ1n) is 11.7. The van der Waals surface area contributed by atoms with Crippen molar-refractivity contribution in [3.8, 4) is 0 Å². The molecule has 0 spiro atoms. The van der Waals surface area contributed by atoms with Crippen molar-refractivity contribution in [1.29, 1.82) is 0 Å². The molecule has 1 aliphatic heterocycles.